The molecule has 1 aliphatic rings. The van der Waals surface area contributed by atoms with E-state index in [-0.39, 0.29) is 11.9 Å². The predicted molar refractivity (Wildman–Crippen MR) is 89.0 cm³/mol. The second kappa shape index (κ2) is 8.44. The molecule has 1 saturated heterocycles. The van der Waals surface area contributed by atoms with Crippen LogP contribution < -0.4 is 0 Å². The molecular formula is C16H20ClNO3S. The fraction of sp³-hybridized carbons (Fsp3) is 0.500. The molecule has 1 aromatic carbocycles. The zero-order valence-corrected chi connectivity index (χ0v) is 14.2. The van der Waals surface area contributed by atoms with Crippen LogP contribution in [0.5, 0.6) is 0 Å². The third kappa shape index (κ3) is 4.65. The fourth-order valence-electron chi connectivity index (χ4n) is 2.53. The zero-order valence-electron chi connectivity index (χ0n) is 12.6. The largest absolute Gasteiger partial charge is 0.467 e. The first-order valence-electron chi connectivity index (χ1n) is 7.31. The van der Waals surface area contributed by atoms with Crippen molar-refractivity contribution in [3.63, 3.8) is 0 Å². The topological polar surface area (TPSA) is 46.6 Å². The second-order valence-corrected chi connectivity index (χ2v) is 6.66. The fourth-order valence-corrected chi connectivity index (χ4v) is 3.53. The molecule has 6 heteroatoms. The Balaban J connectivity index is 1.84. The lowest BCUT2D eigenvalue weighted by Gasteiger charge is -2.33. The van der Waals surface area contributed by atoms with Gasteiger partial charge in [0.25, 0.3) is 0 Å². The summed E-state index contributed by atoms with van der Waals surface area (Å²) in [5.41, 5.74) is 1.13. The number of nitrogens with zero attached hydrogens (tertiary/aromatic N) is 1. The van der Waals surface area contributed by atoms with Gasteiger partial charge in [-0.15, -0.1) is 11.8 Å². The SMILES string of the molecule is COC(=O)C1CCCCN1C(=O)CSCc1ccc(Cl)cc1. The number of carbonyl (C=O) groups is 2. The van der Waals surface area contributed by atoms with Crippen LogP contribution in [0.2, 0.25) is 5.02 Å². The summed E-state index contributed by atoms with van der Waals surface area (Å²) >= 11 is 7.39. The molecule has 1 aromatic rings. The summed E-state index contributed by atoms with van der Waals surface area (Å²) in [5.74, 6) is 0.820. The molecule has 0 radical (unpaired) electrons. The molecule has 1 unspecified atom stereocenters. The Morgan fingerprint density at radius 1 is 1.32 bits per heavy atom. The van der Waals surface area contributed by atoms with Crippen LogP contribution in [0.15, 0.2) is 24.3 Å². The van der Waals surface area contributed by atoms with Gasteiger partial charge in [0.05, 0.1) is 12.9 Å². The van der Waals surface area contributed by atoms with Crippen LogP contribution in [0.4, 0.5) is 0 Å². The molecule has 0 spiro atoms. The highest BCUT2D eigenvalue weighted by molar-refractivity contribution is 7.99. The Bertz CT molecular complexity index is 521. The molecule has 1 fully saturated rings. The molecule has 0 aromatic heterocycles. The van der Waals surface area contributed by atoms with Crippen LogP contribution in [0, 0.1) is 0 Å². The van der Waals surface area contributed by atoms with Crippen molar-refractivity contribution in [2.75, 3.05) is 19.4 Å². The normalized spacial score (nSPS) is 18.1. The third-order valence-electron chi connectivity index (χ3n) is 3.70. The van der Waals surface area contributed by atoms with Crippen molar-refractivity contribution in [1.82, 2.24) is 4.90 Å². The highest BCUT2D eigenvalue weighted by Gasteiger charge is 2.32. The number of carbonyl (C=O) groups excluding carboxylic acids is 2. The van der Waals surface area contributed by atoms with Crippen molar-refractivity contribution >= 4 is 35.2 Å². The number of amides is 1. The van der Waals surface area contributed by atoms with Gasteiger partial charge in [0, 0.05) is 17.3 Å². The minimum atomic E-state index is -0.414. The zero-order chi connectivity index (χ0) is 15.9. The minimum absolute atomic E-state index is 0.00839. The summed E-state index contributed by atoms with van der Waals surface area (Å²) < 4.78 is 4.80. The number of halogens is 1. The average molecular weight is 342 g/mol. The maximum Gasteiger partial charge on any atom is 0.328 e. The first kappa shape index (κ1) is 17.2. The van der Waals surface area contributed by atoms with Crippen molar-refractivity contribution in [2.24, 2.45) is 0 Å². The molecule has 0 bridgehead atoms. The Hall–Kier alpha value is -1.20. The molecule has 1 amide bonds. The van der Waals surface area contributed by atoms with E-state index in [1.54, 1.807) is 16.7 Å². The number of esters is 1. The number of hydrogen-bond donors (Lipinski definition) is 0. The van der Waals surface area contributed by atoms with Gasteiger partial charge in [-0.05, 0) is 37.0 Å². The smallest absolute Gasteiger partial charge is 0.328 e. The van der Waals surface area contributed by atoms with Gasteiger partial charge in [-0.2, -0.15) is 0 Å². The number of benzene rings is 1. The van der Waals surface area contributed by atoms with E-state index in [0.29, 0.717) is 23.7 Å². The van der Waals surface area contributed by atoms with Crippen molar-refractivity contribution in [2.45, 2.75) is 31.1 Å². The molecule has 120 valence electrons. The quantitative estimate of drug-likeness (QED) is 0.772. The highest BCUT2D eigenvalue weighted by Crippen LogP contribution is 2.21. The molecule has 0 aliphatic carbocycles. The van der Waals surface area contributed by atoms with Gasteiger partial charge in [0.15, 0.2) is 0 Å². The number of likely N-dealkylation sites (tertiary alicyclic amines) is 1. The minimum Gasteiger partial charge on any atom is -0.467 e. The predicted octanol–water partition coefficient (Wildman–Crippen LogP) is 3.13. The number of piperidine rings is 1. The Morgan fingerprint density at radius 3 is 2.73 bits per heavy atom. The Morgan fingerprint density at radius 2 is 2.05 bits per heavy atom. The molecule has 0 saturated carbocycles. The summed E-state index contributed by atoms with van der Waals surface area (Å²) in [6, 6.07) is 7.19. The lowest BCUT2D eigenvalue weighted by atomic mass is 10.0. The lowest BCUT2D eigenvalue weighted by Crippen LogP contribution is -2.49. The van der Waals surface area contributed by atoms with Gasteiger partial charge in [0.1, 0.15) is 6.04 Å². The van der Waals surface area contributed by atoms with E-state index in [4.69, 9.17) is 16.3 Å². The van der Waals surface area contributed by atoms with Gasteiger partial charge in [-0.25, -0.2) is 4.79 Å². The second-order valence-electron chi connectivity index (χ2n) is 5.24. The molecule has 0 N–H and O–H groups in total. The van der Waals surface area contributed by atoms with E-state index in [9.17, 15) is 9.59 Å². The van der Waals surface area contributed by atoms with Gasteiger partial charge in [0.2, 0.25) is 5.91 Å². The first-order chi connectivity index (χ1) is 10.6. The van der Waals surface area contributed by atoms with Crippen molar-refractivity contribution in [3.8, 4) is 0 Å². The number of ether oxygens (including phenoxy) is 1. The number of methoxy groups -OCH3 is 1. The molecule has 1 atom stereocenters. The Labute approximate surface area is 140 Å². The van der Waals surface area contributed by atoms with Gasteiger partial charge < -0.3 is 9.64 Å². The highest BCUT2D eigenvalue weighted by atomic mass is 35.5. The monoisotopic (exact) mass is 341 g/mol. The van der Waals surface area contributed by atoms with Gasteiger partial charge in [-0.1, -0.05) is 23.7 Å². The molecule has 22 heavy (non-hydrogen) atoms. The summed E-state index contributed by atoms with van der Waals surface area (Å²) in [4.78, 5) is 25.8. The van der Waals surface area contributed by atoms with E-state index in [1.807, 2.05) is 24.3 Å². The summed E-state index contributed by atoms with van der Waals surface area (Å²) in [6.07, 6.45) is 2.60. The number of rotatable bonds is 5. The van der Waals surface area contributed by atoms with E-state index in [1.165, 1.54) is 7.11 Å². The molecule has 2 rings (SSSR count). The van der Waals surface area contributed by atoms with E-state index < -0.39 is 6.04 Å². The van der Waals surface area contributed by atoms with Crippen LogP contribution in [-0.2, 0) is 20.1 Å². The van der Waals surface area contributed by atoms with Crippen molar-refractivity contribution in [3.05, 3.63) is 34.9 Å². The van der Waals surface area contributed by atoms with Gasteiger partial charge in [-0.3, -0.25) is 4.79 Å². The molecule has 1 aliphatic heterocycles. The maximum absolute atomic E-state index is 12.3. The number of hydrogen-bond acceptors (Lipinski definition) is 4. The van der Waals surface area contributed by atoms with Crippen molar-refractivity contribution < 1.29 is 14.3 Å². The van der Waals surface area contributed by atoms with E-state index in [0.717, 1.165) is 24.2 Å². The molecule has 4 nitrogen and oxygen atoms in total. The maximum atomic E-state index is 12.3. The Kier molecular flexibility index (Phi) is 6.58. The van der Waals surface area contributed by atoms with E-state index >= 15 is 0 Å². The van der Waals surface area contributed by atoms with E-state index in [2.05, 4.69) is 0 Å². The van der Waals surface area contributed by atoms with Gasteiger partial charge >= 0.3 is 5.97 Å². The first-order valence-corrected chi connectivity index (χ1v) is 8.84. The van der Waals surface area contributed by atoms with Crippen LogP contribution in [0.3, 0.4) is 0 Å². The summed E-state index contributed by atoms with van der Waals surface area (Å²) in [7, 11) is 1.37. The number of thioether (sulfide) groups is 1. The molecule has 1 heterocycles. The van der Waals surface area contributed by atoms with Crippen molar-refractivity contribution in [1.29, 1.82) is 0 Å². The third-order valence-corrected chi connectivity index (χ3v) is 4.94. The van der Waals surface area contributed by atoms with Crippen LogP contribution in [0.1, 0.15) is 24.8 Å². The summed E-state index contributed by atoms with van der Waals surface area (Å²) in [5, 5.41) is 0.707. The summed E-state index contributed by atoms with van der Waals surface area (Å²) in [6.45, 7) is 0.639. The van der Waals surface area contributed by atoms with Crippen LogP contribution in [0.25, 0.3) is 0 Å². The standard InChI is InChI=1S/C16H20ClNO3S/c1-21-16(20)14-4-2-3-9-18(14)15(19)11-22-10-12-5-7-13(17)8-6-12/h5-8,14H,2-4,9-11H2,1H3. The average Bonchev–Trinajstić information content (AvgIpc) is 2.56. The molecular weight excluding hydrogens is 322 g/mol. The van der Waals surface area contributed by atoms with Crippen LogP contribution >= 0.6 is 23.4 Å². The lowest BCUT2D eigenvalue weighted by molar-refractivity contribution is -0.153. The van der Waals surface area contributed by atoms with Crippen LogP contribution in [-0.4, -0.2) is 42.2 Å².